The maximum atomic E-state index is 13.1. The number of benzene rings is 3. The molecule has 31 heavy (non-hydrogen) atoms. The van der Waals surface area contributed by atoms with E-state index in [-0.39, 0.29) is 5.91 Å². The molecule has 0 saturated heterocycles. The zero-order valence-electron chi connectivity index (χ0n) is 17.4. The molecule has 0 spiro atoms. The van der Waals surface area contributed by atoms with Crippen LogP contribution in [0.1, 0.15) is 32.6 Å². The SMILES string of the molecule is CSc1ccc(/C=C(/C(=O)NCc2ccc(C(=O)NO)cc2)c2ccc(C)cc2)cc1. The van der Waals surface area contributed by atoms with Crippen LogP contribution in [0.25, 0.3) is 11.6 Å². The van der Waals surface area contributed by atoms with E-state index in [9.17, 15) is 9.59 Å². The van der Waals surface area contributed by atoms with Gasteiger partial charge in [-0.2, -0.15) is 0 Å². The first-order valence-electron chi connectivity index (χ1n) is 9.74. The van der Waals surface area contributed by atoms with Gasteiger partial charge in [0, 0.05) is 22.6 Å². The van der Waals surface area contributed by atoms with Gasteiger partial charge in [-0.15, -0.1) is 11.8 Å². The average molecular weight is 433 g/mol. The van der Waals surface area contributed by atoms with Crippen LogP contribution in [-0.4, -0.2) is 23.3 Å². The summed E-state index contributed by atoms with van der Waals surface area (Å²) in [6, 6.07) is 22.6. The van der Waals surface area contributed by atoms with Crippen LogP contribution < -0.4 is 10.8 Å². The van der Waals surface area contributed by atoms with E-state index in [1.807, 2.05) is 67.8 Å². The van der Waals surface area contributed by atoms with Crippen LogP contribution in [0, 0.1) is 6.92 Å². The molecule has 0 atom stereocenters. The van der Waals surface area contributed by atoms with E-state index >= 15 is 0 Å². The Balaban J connectivity index is 1.81. The van der Waals surface area contributed by atoms with Crippen molar-refractivity contribution in [1.29, 1.82) is 0 Å². The minimum Gasteiger partial charge on any atom is -0.348 e. The van der Waals surface area contributed by atoms with E-state index in [1.165, 1.54) is 0 Å². The summed E-state index contributed by atoms with van der Waals surface area (Å²) in [6.45, 7) is 2.32. The lowest BCUT2D eigenvalue weighted by molar-refractivity contribution is -0.115. The highest BCUT2D eigenvalue weighted by molar-refractivity contribution is 7.98. The van der Waals surface area contributed by atoms with Gasteiger partial charge >= 0.3 is 0 Å². The fourth-order valence-corrected chi connectivity index (χ4v) is 3.40. The van der Waals surface area contributed by atoms with Crippen molar-refractivity contribution in [3.63, 3.8) is 0 Å². The Bertz CT molecular complexity index is 1070. The van der Waals surface area contributed by atoms with Crippen molar-refractivity contribution in [3.8, 4) is 0 Å². The normalized spacial score (nSPS) is 11.1. The van der Waals surface area contributed by atoms with Gasteiger partial charge in [0.2, 0.25) is 0 Å². The van der Waals surface area contributed by atoms with Gasteiger partial charge < -0.3 is 5.32 Å². The summed E-state index contributed by atoms with van der Waals surface area (Å²) >= 11 is 1.67. The molecule has 3 aromatic rings. The van der Waals surface area contributed by atoms with Crippen molar-refractivity contribution >= 4 is 35.2 Å². The highest BCUT2D eigenvalue weighted by Gasteiger charge is 2.13. The Morgan fingerprint density at radius 1 is 0.903 bits per heavy atom. The summed E-state index contributed by atoms with van der Waals surface area (Å²) in [5, 5.41) is 11.7. The first-order valence-corrected chi connectivity index (χ1v) is 11.0. The first kappa shape index (κ1) is 22.3. The second-order valence-corrected chi connectivity index (χ2v) is 7.90. The lowest BCUT2D eigenvalue weighted by atomic mass is 10.0. The monoisotopic (exact) mass is 432 g/mol. The van der Waals surface area contributed by atoms with Crippen molar-refractivity contribution in [2.24, 2.45) is 0 Å². The second kappa shape index (κ2) is 10.6. The van der Waals surface area contributed by atoms with Gasteiger partial charge in [-0.3, -0.25) is 14.8 Å². The molecule has 0 bridgehead atoms. The minimum absolute atomic E-state index is 0.185. The quantitative estimate of drug-likeness (QED) is 0.166. The van der Waals surface area contributed by atoms with Crippen molar-refractivity contribution in [3.05, 3.63) is 101 Å². The number of hydroxylamine groups is 1. The predicted octanol–water partition coefficient (Wildman–Crippen LogP) is 4.69. The van der Waals surface area contributed by atoms with Crippen LogP contribution >= 0.6 is 11.8 Å². The van der Waals surface area contributed by atoms with Crippen molar-refractivity contribution in [2.45, 2.75) is 18.4 Å². The molecule has 0 unspecified atom stereocenters. The summed E-state index contributed by atoms with van der Waals surface area (Å²) < 4.78 is 0. The number of carbonyl (C=O) groups excluding carboxylic acids is 2. The second-order valence-electron chi connectivity index (χ2n) is 7.02. The van der Waals surface area contributed by atoms with Gasteiger partial charge in [0.05, 0.1) is 0 Å². The standard InChI is InChI=1S/C25H24N2O3S/c1-17-3-9-20(10-4-17)23(15-18-7-13-22(31-2)14-8-18)25(29)26-16-19-5-11-21(12-6-19)24(28)27-30/h3-15,30H,16H2,1-2H3,(H,26,29)(H,27,28)/b23-15+. The molecule has 5 nitrogen and oxygen atoms in total. The van der Waals surface area contributed by atoms with Gasteiger partial charge in [-0.25, -0.2) is 5.48 Å². The topological polar surface area (TPSA) is 78.4 Å². The van der Waals surface area contributed by atoms with Crippen LogP contribution in [-0.2, 0) is 11.3 Å². The van der Waals surface area contributed by atoms with Gasteiger partial charge in [-0.05, 0) is 60.2 Å². The van der Waals surface area contributed by atoms with E-state index < -0.39 is 5.91 Å². The van der Waals surface area contributed by atoms with Gasteiger partial charge in [0.1, 0.15) is 0 Å². The largest absolute Gasteiger partial charge is 0.348 e. The van der Waals surface area contributed by atoms with Gasteiger partial charge in [0.25, 0.3) is 11.8 Å². The summed E-state index contributed by atoms with van der Waals surface area (Å²) in [4.78, 5) is 25.7. The predicted molar refractivity (Wildman–Crippen MR) is 125 cm³/mol. The zero-order valence-corrected chi connectivity index (χ0v) is 18.2. The molecular weight excluding hydrogens is 408 g/mol. The molecule has 0 heterocycles. The number of amides is 2. The smallest absolute Gasteiger partial charge is 0.274 e. The van der Waals surface area contributed by atoms with Gasteiger partial charge in [0.15, 0.2) is 0 Å². The zero-order chi connectivity index (χ0) is 22.2. The fourth-order valence-electron chi connectivity index (χ4n) is 3.00. The molecule has 3 aromatic carbocycles. The number of nitrogens with one attached hydrogen (secondary N) is 2. The van der Waals surface area contributed by atoms with Gasteiger partial charge in [-0.1, -0.05) is 54.1 Å². The Kier molecular flexibility index (Phi) is 7.65. The Morgan fingerprint density at radius 2 is 1.52 bits per heavy atom. The molecule has 0 aliphatic heterocycles. The molecule has 0 saturated carbocycles. The number of hydrogen-bond donors (Lipinski definition) is 3. The van der Waals surface area contributed by atoms with Crippen LogP contribution in [0.4, 0.5) is 0 Å². The van der Waals surface area contributed by atoms with Crippen molar-refractivity contribution < 1.29 is 14.8 Å². The summed E-state index contributed by atoms with van der Waals surface area (Å²) in [5.41, 5.74) is 6.27. The summed E-state index contributed by atoms with van der Waals surface area (Å²) in [7, 11) is 0. The molecule has 3 N–H and O–H groups in total. The summed E-state index contributed by atoms with van der Waals surface area (Å²) in [5.74, 6) is -0.761. The third-order valence-electron chi connectivity index (χ3n) is 4.80. The molecule has 158 valence electrons. The van der Waals surface area contributed by atoms with E-state index in [1.54, 1.807) is 41.5 Å². The number of rotatable bonds is 7. The Hall–Kier alpha value is -3.35. The fraction of sp³-hybridized carbons (Fsp3) is 0.120. The molecule has 0 aliphatic rings. The number of aryl methyl sites for hydroxylation is 1. The third-order valence-corrected chi connectivity index (χ3v) is 5.55. The number of thioether (sulfide) groups is 1. The highest BCUT2D eigenvalue weighted by atomic mass is 32.2. The highest BCUT2D eigenvalue weighted by Crippen LogP contribution is 2.22. The molecule has 0 aromatic heterocycles. The maximum Gasteiger partial charge on any atom is 0.274 e. The van der Waals surface area contributed by atoms with Crippen molar-refractivity contribution in [2.75, 3.05) is 6.26 Å². The number of carbonyl (C=O) groups is 2. The van der Waals surface area contributed by atoms with E-state index in [0.717, 1.165) is 27.1 Å². The number of hydrogen-bond acceptors (Lipinski definition) is 4. The van der Waals surface area contributed by atoms with Crippen LogP contribution in [0.15, 0.2) is 77.7 Å². The first-order chi connectivity index (χ1) is 15.0. The maximum absolute atomic E-state index is 13.1. The van der Waals surface area contributed by atoms with Crippen LogP contribution in [0.5, 0.6) is 0 Å². The molecule has 0 fully saturated rings. The molecule has 0 radical (unpaired) electrons. The Labute approximate surface area is 186 Å². The minimum atomic E-state index is -0.576. The molecule has 0 aliphatic carbocycles. The van der Waals surface area contributed by atoms with E-state index in [0.29, 0.717) is 17.7 Å². The molecular formula is C25H24N2O3S. The molecule has 6 heteroatoms. The molecule has 2 amide bonds. The van der Waals surface area contributed by atoms with E-state index in [2.05, 4.69) is 5.32 Å². The lowest BCUT2D eigenvalue weighted by Crippen LogP contribution is -2.24. The third kappa shape index (κ3) is 6.07. The summed E-state index contributed by atoms with van der Waals surface area (Å²) in [6.07, 6.45) is 3.91. The van der Waals surface area contributed by atoms with Crippen LogP contribution in [0.2, 0.25) is 0 Å². The molecule has 3 rings (SSSR count). The Morgan fingerprint density at radius 3 is 2.10 bits per heavy atom. The average Bonchev–Trinajstić information content (AvgIpc) is 2.82. The van der Waals surface area contributed by atoms with Crippen molar-refractivity contribution in [1.82, 2.24) is 10.8 Å². The van der Waals surface area contributed by atoms with Crippen LogP contribution in [0.3, 0.4) is 0 Å². The van der Waals surface area contributed by atoms with E-state index in [4.69, 9.17) is 5.21 Å². The lowest BCUT2D eigenvalue weighted by Gasteiger charge is -2.11.